The largest absolute Gasteiger partial charge is 0.480 e. The standard InChI is InChI=1S/C11H20N2O3/c12-7-3-1-2-4-9(14)13-10(11(15)16)8-5-6-8/h8,10H,1-7,12H2,(H,13,14)(H,15,16). The zero-order chi connectivity index (χ0) is 12.0. The summed E-state index contributed by atoms with van der Waals surface area (Å²) in [6, 6.07) is -0.679. The van der Waals surface area contributed by atoms with E-state index < -0.39 is 12.0 Å². The maximum absolute atomic E-state index is 11.4. The lowest BCUT2D eigenvalue weighted by atomic mass is 10.1. The first-order chi connectivity index (χ1) is 7.65. The summed E-state index contributed by atoms with van der Waals surface area (Å²) in [5.74, 6) is -0.931. The van der Waals surface area contributed by atoms with Gasteiger partial charge in [-0.1, -0.05) is 6.42 Å². The number of carboxylic acid groups (broad SMARTS) is 1. The first kappa shape index (κ1) is 13.0. The van der Waals surface area contributed by atoms with Crippen LogP contribution in [0.3, 0.4) is 0 Å². The van der Waals surface area contributed by atoms with E-state index in [-0.39, 0.29) is 11.8 Å². The van der Waals surface area contributed by atoms with Crippen molar-refractivity contribution >= 4 is 11.9 Å². The highest BCUT2D eigenvalue weighted by Gasteiger charge is 2.36. The quantitative estimate of drug-likeness (QED) is 0.527. The van der Waals surface area contributed by atoms with Crippen LogP contribution in [0.25, 0.3) is 0 Å². The van der Waals surface area contributed by atoms with Gasteiger partial charge in [-0.2, -0.15) is 0 Å². The molecular formula is C11H20N2O3. The summed E-state index contributed by atoms with van der Waals surface area (Å²) in [5, 5.41) is 11.5. The van der Waals surface area contributed by atoms with Gasteiger partial charge < -0.3 is 16.2 Å². The molecule has 0 spiro atoms. The smallest absolute Gasteiger partial charge is 0.326 e. The highest BCUT2D eigenvalue weighted by atomic mass is 16.4. The van der Waals surface area contributed by atoms with Crippen molar-refractivity contribution in [3.8, 4) is 0 Å². The van der Waals surface area contributed by atoms with E-state index in [2.05, 4.69) is 5.32 Å². The summed E-state index contributed by atoms with van der Waals surface area (Å²) >= 11 is 0. The van der Waals surface area contributed by atoms with Gasteiger partial charge in [0.15, 0.2) is 0 Å². The number of hydrogen-bond acceptors (Lipinski definition) is 3. The van der Waals surface area contributed by atoms with Crippen LogP contribution in [0.5, 0.6) is 0 Å². The summed E-state index contributed by atoms with van der Waals surface area (Å²) < 4.78 is 0. The Labute approximate surface area is 95.4 Å². The Kier molecular flexibility index (Phi) is 5.25. The van der Waals surface area contributed by atoms with E-state index >= 15 is 0 Å². The number of nitrogens with one attached hydrogen (secondary N) is 1. The molecule has 92 valence electrons. The Morgan fingerprint density at radius 2 is 2.00 bits per heavy atom. The molecule has 1 aliphatic rings. The molecule has 5 nitrogen and oxygen atoms in total. The van der Waals surface area contributed by atoms with Crippen molar-refractivity contribution in [2.75, 3.05) is 6.54 Å². The Bertz CT molecular complexity index is 252. The minimum absolute atomic E-state index is 0.144. The van der Waals surface area contributed by atoms with Crippen LogP contribution in [0.1, 0.15) is 38.5 Å². The van der Waals surface area contributed by atoms with E-state index in [9.17, 15) is 9.59 Å². The average molecular weight is 228 g/mol. The van der Waals surface area contributed by atoms with Gasteiger partial charge >= 0.3 is 5.97 Å². The van der Waals surface area contributed by atoms with Crippen molar-refractivity contribution in [1.29, 1.82) is 0 Å². The predicted octanol–water partition coefficient (Wildman–Crippen LogP) is 0.485. The van der Waals surface area contributed by atoms with Gasteiger partial charge in [0, 0.05) is 6.42 Å². The lowest BCUT2D eigenvalue weighted by Crippen LogP contribution is -2.42. The van der Waals surface area contributed by atoms with E-state index in [0.717, 1.165) is 32.1 Å². The zero-order valence-corrected chi connectivity index (χ0v) is 9.45. The third-order valence-electron chi connectivity index (χ3n) is 2.78. The second kappa shape index (κ2) is 6.48. The minimum Gasteiger partial charge on any atom is -0.480 e. The van der Waals surface area contributed by atoms with Crippen molar-refractivity contribution < 1.29 is 14.7 Å². The van der Waals surface area contributed by atoms with Gasteiger partial charge in [0.1, 0.15) is 6.04 Å². The molecule has 0 aliphatic heterocycles. The fourth-order valence-electron chi connectivity index (χ4n) is 1.66. The molecule has 1 saturated carbocycles. The number of carbonyl (C=O) groups excluding carboxylic acids is 1. The SMILES string of the molecule is NCCCCCC(=O)NC(C(=O)O)C1CC1. The number of amides is 1. The summed E-state index contributed by atoms with van der Waals surface area (Å²) in [6.45, 7) is 0.640. The number of carboxylic acids is 1. The topological polar surface area (TPSA) is 92.4 Å². The average Bonchev–Trinajstić information content (AvgIpc) is 3.04. The van der Waals surface area contributed by atoms with Crippen LogP contribution in [-0.2, 0) is 9.59 Å². The van der Waals surface area contributed by atoms with E-state index in [1.165, 1.54) is 0 Å². The number of rotatable bonds is 8. The zero-order valence-electron chi connectivity index (χ0n) is 9.45. The molecule has 0 aromatic carbocycles. The normalized spacial score (nSPS) is 16.8. The first-order valence-corrected chi connectivity index (χ1v) is 5.87. The van der Waals surface area contributed by atoms with Gasteiger partial charge in [0.2, 0.25) is 5.91 Å². The Morgan fingerprint density at radius 3 is 2.50 bits per heavy atom. The maximum Gasteiger partial charge on any atom is 0.326 e. The summed E-state index contributed by atoms with van der Waals surface area (Å²) in [7, 11) is 0. The molecule has 1 unspecified atom stereocenters. The van der Waals surface area contributed by atoms with Crippen LogP contribution in [0.4, 0.5) is 0 Å². The van der Waals surface area contributed by atoms with Crippen molar-refractivity contribution in [1.82, 2.24) is 5.32 Å². The lowest BCUT2D eigenvalue weighted by Gasteiger charge is -2.13. The van der Waals surface area contributed by atoms with Crippen LogP contribution < -0.4 is 11.1 Å². The molecule has 1 aliphatic carbocycles. The van der Waals surface area contributed by atoms with E-state index in [1.807, 2.05) is 0 Å². The van der Waals surface area contributed by atoms with Crippen molar-refractivity contribution in [3.63, 3.8) is 0 Å². The molecule has 0 radical (unpaired) electrons. The van der Waals surface area contributed by atoms with E-state index in [1.54, 1.807) is 0 Å². The van der Waals surface area contributed by atoms with E-state index in [4.69, 9.17) is 10.8 Å². The number of aliphatic carboxylic acids is 1. The number of carbonyl (C=O) groups is 2. The molecule has 0 aromatic heterocycles. The summed E-state index contributed by atoms with van der Waals surface area (Å²) in [6.07, 6.45) is 4.83. The Balaban J connectivity index is 2.18. The highest BCUT2D eigenvalue weighted by molar-refractivity contribution is 5.83. The second-order valence-corrected chi connectivity index (χ2v) is 4.32. The molecule has 0 aromatic rings. The van der Waals surface area contributed by atoms with Crippen LogP contribution in [-0.4, -0.2) is 29.6 Å². The van der Waals surface area contributed by atoms with Crippen molar-refractivity contribution in [2.45, 2.75) is 44.6 Å². The van der Waals surface area contributed by atoms with Gasteiger partial charge in [0.05, 0.1) is 0 Å². The number of unbranched alkanes of at least 4 members (excludes halogenated alkanes) is 2. The molecule has 4 N–H and O–H groups in total. The van der Waals surface area contributed by atoms with Gasteiger partial charge in [-0.15, -0.1) is 0 Å². The fraction of sp³-hybridized carbons (Fsp3) is 0.818. The molecule has 5 heteroatoms. The van der Waals surface area contributed by atoms with Crippen LogP contribution in [0, 0.1) is 5.92 Å². The second-order valence-electron chi connectivity index (χ2n) is 4.32. The van der Waals surface area contributed by atoms with E-state index in [0.29, 0.717) is 13.0 Å². The molecule has 16 heavy (non-hydrogen) atoms. The molecule has 1 rings (SSSR count). The van der Waals surface area contributed by atoms with Crippen LogP contribution in [0.2, 0.25) is 0 Å². The Hall–Kier alpha value is -1.10. The third-order valence-corrected chi connectivity index (χ3v) is 2.78. The van der Waals surface area contributed by atoms with Gasteiger partial charge in [-0.05, 0) is 38.1 Å². The Morgan fingerprint density at radius 1 is 1.31 bits per heavy atom. The minimum atomic E-state index is -0.919. The lowest BCUT2D eigenvalue weighted by molar-refractivity contribution is -0.142. The first-order valence-electron chi connectivity index (χ1n) is 5.87. The third kappa shape index (κ3) is 4.61. The summed E-state index contributed by atoms with van der Waals surface area (Å²) in [4.78, 5) is 22.3. The number of hydrogen-bond donors (Lipinski definition) is 3. The maximum atomic E-state index is 11.4. The molecule has 1 amide bonds. The van der Waals surface area contributed by atoms with Gasteiger partial charge in [0.25, 0.3) is 0 Å². The molecule has 0 bridgehead atoms. The molecule has 1 fully saturated rings. The van der Waals surface area contributed by atoms with Gasteiger partial charge in [-0.3, -0.25) is 4.79 Å². The molecule has 1 atom stereocenters. The predicted molar refractivity (Wildman–Crippen MR) is 59.8 cm³/mol. The number of nitrogens with two attached hydrogens (primary N) is 1. The summed E-state index contributed by atoms with van der Waals surface area (Å²) in [5.41, 5.74) is 5.34. The molecule has 0 saturated heterocycles. The molecular weight excluding hydrogens is 208 g/mol. The van der Waals surface area contributed by atoms with Gasteiger partial charge in [-0.25, -0.2) is 4.79 Å². The van der Waals surface area contributed by atoms with Crippen LogP contribution >= 0.6 is 0 Å². The van der Waals surface area contributed by atoms with Crippen molar-refractivity contribution in [2.24, 2.45) is 11.7 Å². The highest BCUT2D eigenvalue weighted by Crippen LogP contribution is 2.32. The fourth-order valence-corrected chi connectivity index (χ4v) is 1.66. The van der Waals surface area contributed by atoms with Crippen molar-refractivity contribution in [3.05, 3.63) is 0 Å². The molecule has 0 heterocycles. The monoisotopic (exact) mass is 228 g/mol. The van der Waals surface area contributed by atoms with Crippen LogP contribution in [0.15, 0.2) is 0 Å².